The summed E-state index contributed by atoms with van der Waals surface area (Å²) in [6.45, 7) is 0. The van der Waals surface area contributed by atoms with Crippen LogP contribution in [0.2, 0.25) is 0 Å². The van der Waals surface area contributed by atoms with Gasteiger partial charge in [-0.25, -0.2) is 8.42 Å². The Morgan fingerprint density at radius 2 is 1.62 bits per heavy atom. The van der Waals surface area contributed by atoms with E-state index in [1.165, 1.54) is 7.05 Å². The minimum atomic E-state index is -5.06. The number of carbonyl (C=O) groups is 1. The summed E-state index contributed by atoms with van der Waals surface area (Å²) in [5, 5.41) is 0.287. The molecule has 9 heteroatoms. The molecule has 6 nitrogen and oxygen atoms in total. The largest absolute Gasteiger partial charge is 1.00 e. The first-order valence-corrected chi connectivity index (χ1v) is 9.39. The summed E-state index contributed by atoms with van der Waals surface area (Å²) in [5.41, 5.74) is 0.242. The van der Waals surface area contributed by atoms with Gasteiger partial charge in [0.1, 0.15) is 15.0 Å². The van der Waals surface area contributed by atoms with Gasteiger partial charge in [-0.3, -0.25) is 9.59 Å². The van der Waals surface area contributed by atoms with E-state index in [0.717, 1.165) is 4.57 Å². The molecule has 1 heterocycles. The number of hydrogen-bond donors (Lipinski definition) is 0. The molecule has 0 amide bonds. The van der Waals surface area contributed by atoms with Crippen LogP contribution in [0.4, 0.5) is 0 Å². The van der Waals surface area contributed by atoms with Crippen molar-refractivity contribution in [1.29, 1.82) is 0 Å². The Kier molecular flexibility index (Phi) is 4.79. The van der Waals surface area contributed by atoms with Crippen LogP contribution in [0.25, 0.3) is 22.0 Å². The van der Waals surface area contributed by atoms with E-state index in [-0.39, 0.29) is 63.0 Å². The summed E-state index contributed by atoms with van der Waals surface area (Å²) in [6.07, 6.45) is 0. The first-order valence-electron chi connectivity index (χ1n) is 7.18. The fourth-order valence-corrected chi connectivity index (χ4v) is 4.65. The SMILES string of the molecule is Cn1c(=O)c(S(=O)(=O)[O-])c2c3c(c(Br)ccc31)C(=O)c1ccccc1-2.[Na+]. The Bertz CT molecular complexity index is 1280. The number of nitrogens with zero attached hydrogens (tertiary/aromatic N) is 1. The average Bonchev–Trinajstić information content (AvgIpc) is 2.55. The number of halogens is 1. The van der Waals surface area contributed by atoms with Crippen molar-refractivity contribution in [2.24, 2.45) is 7.05 Å². The van der Waals surface area contributed by atoms with E-state index in [2.05, 4.69) is 15.9 Å². The van der Waals surface area contributed by atoms with Crippen LogP contribution in [-0.4, -0.2) is 23.3 Å². The molecule has 0 saturated carbocycles. The average molecular weight is 442 g/mol. The van der Waals surface area contributed by atoms with E-state index in [1.807, 2.05) is 0 Å². The molecular formula is C17H9BrNNaO5S. The number of benzene rings is 2. The number of hydrogen-bond acceptors (Lipinski definition) is 5. The van der Waals surface area contributed by atoms with Crippen molar-refractivity contribution in [2.45, 2.75) is 4.90 Å². The summed E-state index contributed by atoms with van der Waals surface area (Å²) in [4.78, 5) is 24.7. The monoisotopic (exact) mass is 441 g/mol. The minimum Gasteiger partial charge on any atom is -0.744 e. The molecule has 3 aromatic rings. The van der Waals surface area contributed by atoms with Gasteiger partial charge in [0.25, 0.3) is 5.56 Å². The Morgan fingerprint density at radius 1 is 1.00 bits per heavy atom. The molecule has 26 heavy (non-hydrogen) atoms. The van der Waals surface area contributed by atoms with Gasteiger partial charge in [-0.15, -0.1) is 0 Å². The number of aryl methyl sites for hydroxylation is 1. The van der Waals surface area contributed by atoms with Crippen LogP contribution in [0.5, 0.6) is 0 Å². The molecule has 0 radical (unpaired) electrons. The van der Waals surface area contributed by atoms with E-state index in [9.17, 15) is 22.6 Å². The molecule has 0 spiro atoms. The van der Waals surface area contributed by atoms with Gasteiger partial charge in [0.05, 0.1) is 5.52 Å². The third kappa shape index (κ3) is 2.56. The third-order valence-electron chi connectivity index (χ3n) is 4.39. The molecular weight excluding hydrogens is 433 g/mol. The Hall–Kier alpha value is -1.29. The molecule has 1 aromatic heterocycles. The third-order valence-corrected chi connectivity index (χ3v) is 5.93. The van der Waals surface area contributed by atoms with Crippen molar-refractivity contribution in [3.05, 3.63) is 62.4 Å². The molecule has 0 aliphatic heterocycles. The topological polar surface area (TPSA) is 96.3 Å². The van der Waals surface area contributed by atoms with Gasteiger partial charge in [0.2, 0.25) is 0 Å². The molecule has 0 N–H and O–H groups in total. The van der Waals surface area contributed by atoms with Crippen molar-refractivity contribution in [3.8, 4) is 11.1 Å². The predicted molar refractivity (Wildman–Crippen MR) is 93.7 cm³/mol. The van der Waals surface area contributed by atoms with Crippen LogP contribution in [0.3, 0.4) is 0 Å². The molecule has 0 atom stereocenters. The number of aromatic nitrogens is 1. The molecule has 0 saturated heterocycles. The molecule has 1 aliphatic rings. The fraction of sp³-hybridized carbons (Fsp3) is 0.0588. The predicted octanol–water partition coefficient (Wildman–Crippen LogP) is -0.579. The first-order chi connectivity index (χ1) is 11.7. The zero-order valence-corrected chi connectivity index (χ0v) is 18.1. The zero-order chi connectivity index (χ0) is 18.1. The second-order valence-corrected chi connectivity index (χ2v) is 7.88. The molecule has 2 aromatic carbocycles. The molecule has 0 unspecified atom stereocenters. The molecule has 4 rings (SSSR count). The van der Waals surface area contributed by atoms with Crippen LogP contribution in [0, 0.1) is 0 Å². The van der Waals surface area contributed by atoms with Crippen molar-refractivity contribution < 1.29 is 47.3 Å². The van der Waals surface area contributed by atoms with Crippen molar-refractivity contribution in [1.82, 2.24) is 4.57 Å². The van der Waals surface area contributed by atoms with E-state index >= 15 is 0 Å². The van der Waals surface area contributed by atoms with Crippen LogP contribution >= 0.6 is 15.9 Å². The second kappa shape index (κ2) is 6.40. The van der Waals surface area contributed by atoms with Crippen molar-refractivity contribution in [2.75, 3.05) is 0 Å². The summed E-state index contributed by atoms with van der Waals surface area (Å²) in [5.74, 6) is -0.298. The van der Waals surface area contributed by atoms with Crippen molar-refractivity contribution in [3.63, 3.8) is 0 Å². The summed E-state index contributed by atoms with van der Waals surface area (Å²) < 4.78 is 37.2. The Morgan fingerprint density at radius 3 is 2.23 bits per heavy atom. The molecule has 0 bridgehead atoms. The maximum absolute atomic E-state index is 12.9. The smallest absolute Gasteiger partial charge is 0.744 e. The van der Waals surface area contributed by atoms with Crippen molar-refractivity contribution >= 4 is 42.7 Å². The van der Waals surface area contributed by atoms with Gasteiger partial charge in [-0.05, 0) is 17.7 Å². The number of carbonyl (C=O) groups excluding carboxylic acids is 1. The summed E-state index contributed by atoms with van der Waals surface area (Å²) >= 11 is 3.32. The number of rotatable bonds is 1. The minimum absolute atomic E-state index is 0. The quantitative estimate of drug-likeness (QED) is 0.291. The molecule has 126 valence electrons. The van der Waals surface area contributed by atoms with Crippen LogP contribution in [0.1, 0.15) is 15.9 Å². The van der Waals surface area contributed by atoms with Gasteiger partial charge in [-0.2, -0.15) is 0 Å². The summed E-state index contributed by atoms with van der Waals surface area (Å²) in [6, 6.07) is 9.58. The standard InChI is InChI=1S/C17H10BrNO5S.Na/c1-19-11-7-6-10(18)13-14(11)12(16(17(19)21)25(22,23)24)8-4-2-3-5-9(8)15(13)20;/h2-7H,1H3,(H,22,23,24);/q;+1/p-1. The fourth-order valence-electron chi connectivity index (χ4n) is 3.33. The van der Waals surface area contributed by atoms with E-state index < -0.39 is 20.6 Å². The number of ketones is 1. The summed E-state index contributed by atoms with van der Waals surface area (Å²) in [7, 11) is -3.68. The maximum atomic E-state index is 12.9. The van der Waals surface area contributed by atoms with Crippen LogP contribution in [0.15, 0.2) is 50.6 Å². The maximum Gasteiger partial charge on any atom is 1.00 e. The van der Waals surface area contributed by atoms with Crippen LogP contribution < -0.4 is 35.1 Å². The zero-order valence-electron chi connectivity index (χ0n) is 13.7. The van der Waals surface area contributed by atoms with E-state index in [1.54, 1.807) is 36.4 Å². The van der Waals surface area contributed by atoms with Crippen LogP contribution in [-0.2, 0) is 17.2 Å². The number of fused-ring (bicyclic) bond motifs is 2. The Labute approximate surface area is 179 Å². The first kappa shape index (κ1) is 19.5. The number of pyridine rings is 1. The van der Waals surface area contributed by atoms with Gasteiger partial charge >= 0.3 is 29.6 Å². The van der Waals surface area contributed by atoms with Gasteiger partial charge < -0.3 is 9.12 Å². The van der Waals surface area contributed by atoms with E-state index in [0.29, 0.717) is 9.99 Å². The Balaban J connectivity index is 0.00000196. The van der Waals surface area contributed by atoms with Gasteiger partial charge in [-0.1, -0.05) is 40.2 Å². The van der Waals surface area contributed by atoms with Gasteiger partial charge in [0, 0.05) is 33.6 Å². The normalized spacial score (nSPS) is 12.7. The van der Waals surface area contributed by atoms with Gasteiger partial charge in [0.15, 0.2) is 5.78 Å². The molecule has 0 fully saturated rings. The second-order valence-electron chi connectivity index (χ2n) is 5.71. The molecule has 1 aliphatic carbocycles. The van der Waals surface area contributed by atoms with E-state index in [4.69, 9.17) is 0 Å².